The van der Waals surface area contributed by atoms with Gasteiger partial charge in [0.05, 0.1) is 10.2 Å². The van der Waals surface area contributed by atoms with Crippen LogP contribution in [0.2, 0.25) is 0 Å². The van der Waals surface area contributed by atoms with Gasteiger partial charge in [0.2, 0.25) is 5.91 Å². The second-order valence-corrected chi connectivity index (χ2v) is 7.45. The summed E-state index contributed by atoms with van der Waals surface area (Å²) >= 11 is 3.31. The summed E-state index contributed by atoms with van der Waals surface area (Å²) in [5.74, 6) is -0.182. The predicted octanol–water partition coefficient (Wildman–Crippen LogP) is 3.80. The van der Waals surface area contributed by atoms with Crippen molar-refractivity contribution < 1.29 is 4.79 Å². The number of amides is 1. The van der Waals surface area contributed by atoms with Crippen LogP contribution >= 0.6 is 22.7 Å². The molecular formula is C17H15N3OS2. The molecule has 116 valence electrons. The Bertz CT molecular complexity index is 877. The minimum Gasteiger partial charge on any atom is -0.314 e. The average molecular weight is 341 g/mol. The van der Waals surface area contributed by atoms with Gasteiger partial charge in [0, 0.05) is 17.0 Å². The van der Waals surface area contributed by atoms with Gasteiger partial charge >= 0.3 is 0 Å². The Balaban J connectivity index is 1.89. The van der Waals surface area contributed by atoms with Crippen LogP contribution in [0.25, 0.3) is 20.8 Å². The van der Waals surface area contributed by atoms with Crippen molar-refractivity contribution in [1.29, 1.82) is 0 Å². The van der Waals surface area contributed by atoms with E-state index in [1.54, 1.807) is 22.7 Å². The minimum atomic E-state index is -0.182. The van der Waals surface area contributed by atoms with Crippen LogP contribution in [0.1, 0.15) is 10.4 Å². The number of nitrogens with zero attached hydrogens (tertiary/aromatic N) is 1. The Labute approximate surface area is 141 Å². The van der Waals surface area contributed by atoms with Gasteiger partial charge in [-0.2, -0.15) is 0 Å². The Morgan fingerprint density at radius 1 is 1.35 bits per heavy atom. The lowest BCUT2D eigenvalue weighted by molar-refractivity contribution is -0.111. The summed E-state index contributed by atoms with van der Waals surface area (Å²) < 4.78 is 1.16. The summed E-state index contributed by atoms with van der Waals surface area (Å²) in [5.41, 5.74) is 3.40. The van der Waals surface area contributed by atoms with Crippen molar-refractivity contribution in [3.05, 3.63) is 47.4 Å². The van der Waals surface area contributed by atoms with Crippen molar-refractivity contribution in [2.45, 2.75) is 13.0 Å². The van der Waals surface area contributed by atoms with Gasteiger partial charge in [0.1, 0.15) is 10.0 Å². The maximum Gasteiger partial charge on any atom is 0.248 e. The number of nitrogens with one attached hydrogen (secondary N) is 2. The van der Waals surface area contributed by atoms with Crippen molar-refractivity contribution in [2.75, 3.05) is 11.9 Å². The van der Waals surface area contributed by atoms with E-state index < -0.39 is 0 Å². The molecular weight excluding hydrogens is 326 g/mol. The topological polar surface area (TPSA) is 54.0 Å². The molecule has 2 N–H and O–H groups in total. The standard InChI is InChI=1S/C17H15N3OS2/c1-2-14(21)20-17-15(10-7-8-18-9-13(10)23-17)16-19-11-5-3-4-6-12(11)22-16/h2-6,18H,1,7-9H2,(H,20,21). The van der Waals surface area contributed by atoms with Crippen LogP contribution in [0.3, 0.4) is 0 Å². The molecule has 0 saturated heterocycles. The number of anilines is 1. The summed E-state index contributed by atoms with van der Waals surface area (Å²) in [6.45, 7) is 5.35. The van der Waals surface area contributed by atoms with Gasteiger partial charge in [0.15, 0.2) is 0 Å². The van der Waals surface area contributed by atoms with Crippen LogP contribution in [0.5, 0.6) is 0 Å². The van der Waals surface area contributed by atoms with E-state index >= 15 is 0 Å². The number of benzene rings is 1. The van der Waals surface area contributed by atoms with Gasteiger partial charge in [-0.3, -0.25) is 4.79 Å². The molecule has 0 unspecified atom stereocenters. The van der Waals surface area contributed by atoms with E-state index in [1.165, 1.54) is 16.5 Å². The average Bonchev–Trinajstić information content (AvgIpc) is 3.14. The summed E-state index contributed by atoms with van der Waals surface area (Å²) in [7, 11) is 0. The van der Waals surface area contributed by atoms with Crippen molar-refractivity contribution in [2.24, 2.45) is 0 Å². The van der Waals surface area contributed by atoms with Gasteiger partial charge in [-0.15, -0.1) is 22.7 Å². The van der Waals surface area contributed by atoms with E-state index in [9.17, 15) is 4.79 Å². The van der Waals surface area contributed by atoms with Gasteiger partial charge in [-0.05, 0) is 36.7 Å². The van der Waals surface area contributed by atoms with Crippen molar-refractivity contribution in [3.8, 4) is 10.6 Å². The zero-order chi connectivity index (χ0) is 15.8. The fourth-order valence-corrected chi connectivity index (χ4v) is 5.12. The number of thiophene rings is 1. The summed E-state index contributed by atoms with van der Waals surface area (Å²) in [6, 6.07) is 8.13. The van der Waals surface area contributed by atoms with Crippen LogP contribution in [0.15, 0.2) is 36.9 Å². The zero-order valence-electron chi connectivity index (χ0n) is 12.4. The molecule has 0 bridgehead atoms. The molecule has 1 aliphatic heterocycles. The lowest BCUT2D eigenvalue weighted by Crippen LogP contribution is -2.22. The van der Waals surface area contributed by atoms with Crippen LogP contribution < -0.4 is 10.6 Å². The first-order chi connectivity index (χ1) is 11.3. The fraction of sp³-hybridized carbons (Fsp3) is 0.176. The number of thiazole rings is 1. The number of fused-ring (bicyclic) bond motifs is 2. The molecule has 6 heteroatoms. The van der Waals surface area contributed by atoms with Gasteiger partial charge in [-0.1, -0.05) is 18.7 Å². The number of carbonyl (C=O) groups is 1. The molecule has 0 spiro atoms. The zero-order valence-corrected chi connectivity index (χ0v) is 14.0. The van der Waals surface area contributed by atoms with E-state index in [0.29, 0.717) is 0 Å². The second-order valence-electron chi connectivity index (χ2n) is 5.31. The first-order valence-corrected chi connectivity index (χ1v) is 9.04. The Kier molecular flexibility index (Phi) is 3.72. The van der Waals surface area contributed by atoms with E-state index in [2.05, 4.69) is 23.3 Å². The molecule has 1 aromatic carbocycles. The van der Waals surface area contributed by atoms with Crippen LogP contribution in [0.4, 0.5) is 5.00 Å². The number of hydrogen-bond donors (Lipinski definition) is 2. The third kappa shape index (κ3) is 2.59. The van der Waals surface area contributed by atoms with E-state index in [4.69, 9.17) is 4.98 Å². The van der Waals surface area contributed by atoms with Gasteiger partial charge < -0.3 is 10.6 Å². The first-order valence-electron chi connectivity index (χ1n) is 7.41. The lowest BCUT2D eigenvalue weighted by Gasteiger charge is -2.13. The predicted molar refractivity (Wildman–Crippen MR) is 97.2 cm³/mol. The summed E-state index contributed by atoms with van der Waals surface area (Å²) in [6.07, 6.45) is 2.26. The van der Waals surface area contributed by atoms with Crippen molar-refractivity contribution in [3.63, 3.8) is 0 Å². The Morgan fingerprint density at radius 3 is 3.04 bits per heavy atom. The maximum absolute atomic E-state index is 11.8. The van der Waals surface area contributed by atoms with Crippen molar-refractivity contribution in [1.82, 2.24) is 10.3 Å². The van der Waals surface area contributed by atoms with E-state index in [0.717, 1.165) is 45.3 Å². The second kappa shape index (κ2) is 5.88. The smallest absolute Gasteiger partial charge is 0.248 e. The highest BCUT2D eigenvalue weighted by Crippen LogP contribution is 2.44. The van der Waals surface area contributed by atoms with Crippen molar-refractivity contribution >= 4 is 43.8 Å². The molecule has 0 radical (unpaired) electrons. The number of aromatic nitrogens is 1. The number of para-hydroxylation sites is 1. The highest BCUT2D eigenvalue weighted by atomic mass is 32.1. The fourth-order valence-electron chi connectivity index (χ4n) is 2.79. The highest BCUT2D eigenvalue weighted by Gasteiger charge is 2.24. The summed E-state index contributed by atoms with van der Waals surface area (Å²) in [5, 5.41) is 8.20. The van der Waals surface area contributed by atoms with E-state index in [1.807, 2.05) is 18.2 Å². The molecule has 0 atom stereocenters. The van der Waals surface area contributed by atoms with Crippen LogP contribution in [-0.4, -0.2) is 17.4 Å². The molecule has 2 aromatic heterocycles. The number of carbonyl (C=O) groups excluding carboxylic acids is 1. The van der Waals surface area contributed by atoms with Gasteiger partial charge in [0.25, 0.3) is 0 Å². The molecule has 1 amide bonds. The number of hydrogen-bond acceptors (Lipinski definition) is 5. The molecule has 3 aromatic rings. The lowest BCUT2D eigenvalue weighted by atomic mass is 10.0. The summed E-state index contributed by atoms with van der Waals surface area (Å²) in [4.78, 5) is 17.9. The molecule has 4 rings (SSSR count). The molecule has 1 aliphatic rings. The normalized spacial score (nSPS) is 13.7. The largest absolute Gasteiger partial charge is 0.314 e. The van der Waals surface area contributed by atoms with E-state index in [-0.39, 0.29) is 5.91 Å². The molecule has 4 nitrogen and oxygen atoms in total. The third-order valence-electron chi connectivity index (χ3n) is 3.86. The molecule has 0 saturated carbocycles. The van der Waals surface area contributed by atoms with Gasteiger partial charge in [-0.25, -0.2) is 4.98 Å². The third-order valence-corrected chi connectivity index (χ3v) is 6.06. The highest BCUT2D eigenvalue weighted by molar-refractivity contribution is 7.22. The van der Waals surface area contributed by atoms with Crippen LogP contribution in [-0.2, 0) is 17.8 Å². The molecule has 0 aliphatic carbocycles. The Morgan fingerprint density at radius 2 is 2.22 bits per heavy atom. The molecule has 23 heavy (non-hydrogen) atoms. The SMILES string of the molecule is C=CC(=O)Nc1sc2c(c1-c1nc3ccccc3s1)CCNC2. The monoisotopic (exact) mass is 341 g/mol. The first kappa shape index (κ1) is 14.6. The molecule has 0 fully saturated rings. The van der Waals surface area contributed by atoms with Crippen LogP contribution in [0, 0.1) is 0 Å². The maximum atomic E-state index is 11.8. The quantitative estimate of drug-likeness (QED) is 0.713. The molecule has 3 heterocycles. The Hall–Kier alpha value is -2.02. The minimum absolute atomic E-state index is 0.182. The number of rotatable bonds is 3.